The molecule has 4 nitrogen and oxygen atoms in total. The lowest BCUT2D eigenvalue weighted by Crippen LogP contribution is -2.25. The van der Waals surface area contributed by atoms with Crippen LogP contribution in [0.5, 0.6) is 0 Å². The van der Waals surface area contributed by atoms with E-state index >= 15 is 0 Å². The molecule has 132 valence electrons. The number of anilines is 4. The monoisotopic (exact) mass is 356 g/mol. The van der Waals surface area contributed by atoms with Gasteiger partial charge in [-0.1, -0.05) is 18.2 Å². The van der Waals surface area contributed by atoms with E-state index in [1.165, 1.54) is 11.9 Å². The van der Waals surface area contributed by atoms with E-state index in [9.17, 15) is 13.2 Å². The number of para-hydroxylation sites is 1. The van der Waals surface area contributed by atoms with Gasteiger partial charge in [0.1, 0.15) is 18.0 Å². The fraction of sp³-hybridized carbons (Fsp3) is 0.158. The molecule has 1 aliphatic heterocycles. The van der Waals surface area contributed by atoms with E-state index < -0.39 is 17.5 Å². The van der Waals surface area contributed by atoms with Gasteiger partial charge in [-0.3, -0.25) is 0 Å². The highest BCUT2D eigenvalue weighted by atomic mass is 19.2. The van der Waals surface area contributed by atoms with Crippen molar-refractivity contribution in [3.8, 4) is 0 Å². The van der Waals surface area contributed by atoms with Crippen molar-refractivity contribution < 1.29 is 13.2 Å². The SMILES string of the molecule is Fc1ccc(Nc2cc(N3CCCc4ccccc43)ncn2)c(F)c1F. The van der Waals surface area contributed by atoms with Crippen LogP contribution in [-0.2, 0) is 6.42 Å². The molecule has 1 aromatic heterocycles. The summed E-state index contributed by atoms with van der Waals surface area (Å²) in [6, 6.07) is 11.7. The molecule has 2 aromatic carbocycles. The lowest BCUT2D eigenvalue weighted by atomic mass is 10.0. The van der Waals surface area contributed by atoms with Gasteiger partial charge in [0, 0.05) is 18.3 Å². The van der Waals surface area contributed by atoms with Crippen molar-refractivity contribution in [3.63, 3.8) is 0 Å². The molecular weight excluding hydrogens is 341 g/mol. The third kappa shape index (κ3) is 2.96. The predicted molar refractivity (Wildman–Crippen MR) is 93.4 cm³/mol. The Balaban J connectivity index is 1.65. The molecule has 4 rings (SSSR count). The summed E-state index contributed by atoms with van der Waals surface area (Å²) in [5.41, 5.74) is 2.12. The highest BCUT2D eigenvalue weighted by Gasteiger charge is 2.19. The molecule has 3 aromatic rings. The maximum Gasteiger partial charge on any atom is 0.196 e. The van der Waals surface area contributed by atoms with Gasteiger partial charge in [0.2, 0.25) is 0 Å². The molecule has 0 amide bonds. The summed E-state index contributed by atoms with van der Waals surface area (Å²) < 4.78 is 40.3. The third-order valence-electron chi connectivity index (χ3n) is 4.34. The third-order valence-corrected chi connectivity index (χ3v) is 4.34. The van der Waals surface area contributed by atoms with Crippen molar-refractivity contribution in [3.05, 3.63) is 71.8 Å². The van der Waals surface area contributed by atoms with Crippen LogP contribution in [0.1, 0.15) is 12.0 Å². The fourth-order valence-electron chi connectivity index (χ4n) is 3.10. The summed E-state index contributed by atoms with van der Waals surface area (Å²) in [6.45, 7) is 0.799. The Morgan fingerprint density at radius 3 is 2.69 bits per heavy atom. The minimum absolute atomic E-state index is 0.187. The van der Waals surface area contributed by atoms with Crippen LogP contribution in [0.15, 0.2) is 48.8 Å². The van der Waals surface area contributed by atoms with E-state index in [-0.39, 0.29) is 5.69 Å². The number of nitrogens with one attached hydrogen (secondary N) is 1. The van der Waals surface area contributed by atoms with Gasteiger partial charge in [-0.15, -0.1) is 0 Å². The summed E-state index contributed by atoms with van der Waals surface area (Å²) in [5.74, 6) is -3.09. The van der Waals surface area contributed by atoms with Gasteiger partial charge in [-0.2, -0.15) is 0 Å². The first kappa shape index (κ1) is 16.4. The zero-order valence-electron chi connectivity index (χ0n) is 13.7. The van der Waals surface area contributed by atoms with E-state index in [4.69, 9.17) is 0 Å². The second kappa shape index (κ2) is 6.67. The van der Waals surface area contributed by atoms with E-state index in [1.54, 1.807) is 6.07 Å². The molecule has 0 saturated heterocycles. The molecule has 0 aliphatic carbocycles. The Morgan fingerprint density at radius 2 is 1.81 bits per heavy atom. The lowest BCUT2D eigenvalue weighted by molar-refractivity contribution is 0.449. The molecule has 0 unspecified atom stereocenters. The Kier molecular flexibility index (Phi) is 4.20. The van der Waals surface area contributed by atoms with Gasteiger partial charge in [0.05, 0.1) is 5.69 Å². The Bertz CT molecular complexity index is 961. The Morgan fingerprint density at radius 1 is 0.962 bits per heavy atom. The van der Waals surface area contributed by atoms with Gasteiger partial charge in [0.15, 0.2) is 17.5 Å². The topological polar surface area (TPSA) is 41.0 Å². The van der Waals surface area contributed by atoms with E-state index in [0.29, 0.717) is 11.6 Å². The van der Waals surface area contributed by atoms with Crippen LogP contribution in [-0.4, -0.2) is 16.5 Å². The lowest BCUT2D eigenvalue weighted by Gasteiger charge is -2.30. The average Bonchev–Trinajstić information content (AvgIpc) is 2.68. The molecule has 0 spiro atoms. The van der Waals surface area contributed by atoms with E-state index in [0.717, 1.165) is 37.2 Å². The summed E-state index contributed by atoms with van der Waals surface area (Å²) in [7, 11) is 0. The number of aromatic nitrogens is 2. The second-order valence-electron chi connectivity index (χ2n) is 5.99. The highest BCUT2D eigenvalue weighted by Crippen LogP contribution is 2.33. The van der Waals surface area contributed by atoms with Crippen LogP contribution in [0.2, 0.25) is 0 Å². The molecule has 1 N–H and O–H groups in total. The summed E-state index contributed by atoms with van der Waals surface area (Å²) in [6.07, 6.45) is 3.34. The smallest absolute Gasteiger partial charge is 0.196 e. The maximum atomic E-state index is 13.9. The molecular formula is C19H15F3N4. The number of benzene rings is 2. The molecule has 7 heteroatoms. The first-order chi connectivity index (χ1) is 12.6. The van der Waals surface area contributed by atoms with Gasteiger partial charge in [-0.25, -0.2) is 23.1 Å². The van der Waals surface area contributed by atoms with E-state index in [1.807, 2.05) is 18.2 Å². The molecule has 26 heavy (non-hydrogen) atoms. The number of aryl methyl sites for hydroxylation is 1. The minimum atomic E-state index is -1.52. The molecule has 0 fully saturated rings. The van der Waals surface area contributed by atoms with Crippen molar-refractivity contribution in [2.75, 3.05) is 16.8 Å². The summed E-state index contributed by atoms with van der Waals surface area (Å²) in [4.78, 5) is 10.4. The van der Waals surface area contributed by atoms with Crippen LogP contribution >= 0.6 is 0 Å². The number of nitrogens with zero attached hydrogens (tertiary/aromatic N) is 3. The fourth-order valence-corrected chi connectivity index (χ4v) is 3.10. The van der Waals surface area contributed by atoms with Crippen molar-refractivity contribution in [1.82, 2.24) is 9.97 Å². The normalized spacial score (nSPS) is 13.4. The highest BCUT2D eigenvalue weighted by molar-refractivity contribution is 5.68. The number of fused-ring (bicyclic) bond motifs is 1. The van der Waals surface area contributed by atoms with Crippen molar-refractivity contribution >= 4 is 23.0 Å². The molecule has 0 bridgehead atoms. The zero-order chi connectivity index (χ0) is 18.1. The number of hydrogen-bond donors (Lipinski definition) is 1. The first-order valence-electron chi connectivity index (χ1n) is 8.21. The largest absolute Gasteiger partial charge is 0.338 e. The van der Waals surface area contributed by atoms with E-state index in [2.05, 4.69) is 26.3 Å². The molecule has 0 atom stereocenters. The van der Waals surface area contributed by atoms with Gasteiger partial charge >= 0.3 is 0 Å². The van der Waals surface area contributed by atoms with Crippen LogP contribution in [0.4, 0.5) is 36.2 Å². The molecule has 0 saturated carbocycles. The van der Waals surface area contributed by atoms with Crippen molar-refractivity contribution in [2.24, 2.45) is 0 Å². The van der Waals surface area contributed by atoms with Crippen molar-refractivity contribution in [1.29, 1.82) is 0 Å². The first-order valence-corrected chi connectivity index (χ1v) is 8.21. The average molecular weight is 356 g/mol. The maximum absolute atomic E-state index is 13.9. The van der Waals surface area contributed by atoms with Crippen LogP contribution in [0.25, 0.3) is 0 Å². The standard InChI is InChI=1S/C19H15F3N4/c20-13-7-8-14(19(22)18(13)21)25-16-10-17(24-11-23-16)26-9-3-5-12-4-1-2-6-15(12)26/h1-2,4,6-8,10-11H,3,5,9H2,(H,23,24,25). The van der Waals surface area contributed by atoms with Crippen molar-refractivity contribution in [2.45, 2.75) is 12.8 Å². The number of hydrogen-bond acceptors (Lipinski definition) is 4. The second-order valence-corrected chi connectivity index (χ2v) is 5.99. The molecule has 1 aliphatic rings. The van der Waals surface area contributed by atoms with Crippen LogP contribution in [0, 0.1) is 17.5 Å². The van der Waals surface area contributed by atoms with Gasteiger partial charge < -0.3 is 10.2 Å². The van der Waals surface area contributed by atoms with Crippen LogP contribution < -0.4 is 10.2 Å². The Labute approximate surface area is 148 Å². The predicted octanol–water partition coefficient (Wildman–Crippen LogP) is 4.72. The number of rotatable bonds is 3. The Hall–Kier alpha value is -3.09. The quantitative estimate of drug-likeness (QED) is 0.690. The summed E-state index contributed by atoms with van der Waals surface area (Å²) >= 11 is 0. The zero-order valence-corrected chi connectivity index (χ0v) is 13.7. The van der Waals surface area contributed by atoms with Gasteiger partial charge in [-0.05, 0) is 36.6 Å². The van der Waals surface area contributed by atoms with Crippen LogP contribution in [0.3, 0.4) is 0 Å². The number of halogens is 3. The minimum Gasteiger partial charge on any atom is -0.338 e. The summed E-state index contributed by atoms with van der Waals surface area (Å²) in [5, 5.41) is 2.68. The molecule has 2 heterocycles. The van der Waals surface area contributed by atoms with Gasteiger partial charge in [0.25, 0.3) is 0 Å². The molecule has 0 radical (unpaired) electrons.